The summed E-state index contributed by atoms with van der Waals surface area (Å²) in [6.45, 7) is 6.99. The van der Waals surface area contributed by atoms with Gasteiger partial charge in [0, 0.05) is 33.4 Å². The van der Waals surface area contributed by atoms with E-state index in [1.807, 2.05) is 19.1 Å². The predicted octanol–water partition coefficient (Wildman–Crippen LogP) is 4.40. The SMILES string of the molecule is CCOCCC1(CNC(=NC)NCc2ccc(F)c(C)c2)CCCC1.I. The fourth-order valence-corrected chi connectivity index (χ4v) is 3.57. The standard InChI is InChI=1S/C20H32FN3O.HI/c1-4-25-12-11-20(9-5-6-10-20)15-24-19(22-3)23-14-17-7-8-18(21)16(2)13-17;/h7-8,13H,4-6,9-12,14-15H2,1-3H3,(H2,22,23,24);1H. The van der Waals surface area contributed by atoms with E-state index in [0.717, 1.165) is 37.7 Å². The fraction of sp³-hybridized carbons (Fsp3) is 0.650. The van der Waals surface area contributed by atoms with Crippen LogP contribution in [0.15, 0.2) is 23.2 Å². The number of guanidine groups is 1. The molecular weight excluding hydrogens is 444 g/mol. The molecule has 6 heteroatoms. The van der Waals surface area contributed by atoms with Crippen LogP contribution in [0.2, 0.25) is 0 Å². The first-order chi connectivity index (χ1) is 12.1. The van der Waals surface area contributed by atoms with Crippen molar-refractivity contribution in [3.8, 4) is 0 Å². The smallest absolute Gasteiger partial charge is 0.191 e. The second kappa shape index (κ2) is 11.7. The molecule has 0 spiro atoms. The molecule has 0 bridgehead atoms. The van der Waals surface area contributed by atoms with E-state index in [9.17, 15) is 4.39 Å². The van der Waals surface area contributed by atoms with Crippen molar-refractivity contribution in [1.82, 2.24) is 10.6 Å². The highest BCUT2D eigenvalue weighted by Gasteiger charge is 2.33. The summed E-state index contributed by atoms with van der Waals surface area (Å²) < 4.78 is 18.9. The van der Waals surface area contributed by atoms with Gasteiger partial charge in [-0.3, -0.25) is 4.99 Å². The average Bonchev–Trinajstić information content (AvgIpc) is 3.07. The van der Waals surface area contributed by atoms with E-state index in [4.69, 9.17) is 4.74 Å². The van der Waals surface area contributed by atoms with Gasteiger partial charge < -0.3 is 15.4 Å². The van der Waals surface area contributed by atoms with E-state index in [2.05, 4.69) is 15.6 Å². The average molecular weight is 477 g/mol. The quantitative estimate of drug-likeness (QED) is 0.253. The van der Waals surface area contributed by atoms with E-state index in [1.165, 1.54) is 31.7 Å². The van der Waals surface area contributed by atoms with E-state index < -0.39 is 0 Å². The van der Waals surface area contributed by atoms with Gasteiger partial charge in [0.15, 0.2) is 5.96 Å². The highest BCUT2D eigenvalue weighted by molar-refractivity contribution is 14.0. The first-order valence-electron chi connectivity index (χ1n) is 9.36. The summed E-state index contributed by atoms with van der Waals surface area (Å²) in [5, 5.41) is 6.81. The molecule has 0 unspecified atom stereocenters. The number of nitrogens with one attached hydrogen (secondary N) is 2. The van der Waals surface area contributed by atoms with Gasteiger partial charge in [0.25, 0.3) is 0 Å². The molecule has 0 heterocycles. The summed E-state index contributed by atoms with van der Waals surface area (Å²) >= 11 is 0. The van der Waals surface area contributed by atoms with Crippen molar-refractivity contribution in [1.29, 1.82) is 0 Å². The van der Waals surface area contributed by atoms with Gasteiger partial charge >= 0.3 is 0 Å². The lowest BCUT2D eigenvalue weighted by atomic mass is 9.83. The van der Waals surface area contributed by atoms with Gasteiger partial charge in [-0.25, -0.2) is 4.39 Å². The zero-order valence-electron chi connectivity index (χ0n) is 16.2. The Morgan fingerprint density at radius 1 is 1.27 bits per heavy atom. The number of ether oxygens (including phenoxy) is 1. The van der Waals surface area contributed by atoms with Gasteiger partial charge in [0.05, 0.1) is 0 Å². The van der Waals surface area contributed by atoms with Gasteiger partial charge in [0.1, 0.15) is 5.82 Å². The van der Waals surface area contributed by atoms with Crippen molar-refractivity contribution in [3.63, 3.8) is 0 Å². The summed E-state index contributed by atoms with van der Waals surface area (Å²) in [6.07, 6.45) is 6.20. The van der Waals surface area contributed by atoms with Crippen LogP contribution in [0.1, 0.15) is 50.2 Å². The van der Waals surface area contributed by atoms with Crippen molar-refractivity contribution in [2.24, 2.45) is 10.4 Å². The molecule has 0 atom stereocenters. The number of aryl methyl sites for hydroxylation is 1. The molecule has 1 aliphatic rings. The minimum Gasteiger partial charge on any atom is -0.382 e. The molecule has 0 aliphatic heterocycles. The van der Waals surface area contributed by atoms with E-state index >= 15 is 0 Å². The lowest BCUT2D eigenvalue weighted by molar-refractivity contribution is 0.105. The first kappa shape index (κ1) is 23.1. The second-order valence-corrected chi connectivity index (χ2v) is 7.02. The number of rotatable bonds is 8. The lowest BCUT2D eigenvalue weighted by Gasteiger charge is -2.30. The molecule has 1 aromatic rings. The summed E-state index contributed by atoms with van der Waals surface area (Å²) in [5.74, 6) is 0.633. The zero-order chi connectivity index (χ0) is 18.1. The number of halogens is 2. The molecule has 1 aromatic carbocycles. The lowest BCUT2D eigenvalue weighted by Crippen LogP contribution is -2.43. The zero-order valence-corrected chi connectivity index (χ0v) is 18.6. The first-order valence-corrected chi connectivity index (χ1v) is 9.36. The van der Waals surface area contributed by atoms with Crippen LogP contribution < -0.4 is 10.6 Å². The maximum Gasteiger partial charge on any atom is 0.191 e. The predicted molar refractivity (Wildman–Crippen MR) is 117 cm³/mol. The maximum absolute atomic E-state index is 13.4. The van der Waals surface area contributed by atoms with Crippen LogP contribution in [0, 0.1) is 18.2 Å². The molecular formula is C20H33FIN3O. The summed E-state index contributed by atoms with van der Waals surface area (Å²) in [7, 11) is 1.78. The normalized spacial score (nSPS) is 16.2. The molecule has 26 heavy (non-hydrogen) atoms. The van der Waals surface area contributed by atoms with Gasteiger partial charge in [-0.1, -0.05) is 25.0 Å². The number of nitrogens with zero attached hydrogens (tertiary/aromatic N) is 1. The molecule has 0 saturated heterocycles. The third-order valence-electron chi connectivity index (χ3n) is 5.18. The topological polar surface area (TPSA) is 45.6 Å². The molecule has 1 aliphatic carbocycles. The summed E-state index contributed by atoms with van der Waals surface area (Å²) in [6, 6.07) is 5.20. The Morgan fingerprint density at radius 3 is 2.62 bits per heavy atom. The van der Waals surface area contributed by atoms with Crippen LogP contribution >= 0.6 is 24.0 Å². The Labute approximate surface area is 174 Å². The van der Waals surface area contributed by atoms with Crippen molar-refractivity contribution < 1.29 is 9.13 Å². The fourth-order valence-electron chi connectivity index (χ4n) is 3.57. The van der Waals surface area contributed by atoms with Gasteiger partial charge in [0.2, 0.25) is 0 Å². The van der Waals surface area contributed by atoms with Gasteiger partial charge in [-0.2, -0.15) is 0 Å². The van der Waals surface area contributed by atoms with Gasteiger partial charge in [-0.15, -0.1) is 24.0 Å². The maximum atomic E-state index is 13.4. The van der Waals surface area contributed by atoms with Crippen LogP contribution in [0.5, 0.6) is 0 Å². The molecule has 1 fully saturated rings. The number of benzene rings is 1. The Balaban J connectivity index is 0.00000338. The van der Waals surface area contributed by atoms with Gasteiger partial charge in [-0.05, 0) is 55.7 Å². The Morgan fingerprint density at radius 2 is 2.00 bits per heavy atom. The minimum atomic E-state index is -0.163. The van der Waals surface area contributed by atoms with Crippen molar-refractivity contribution in [2.75, 3.05) is 26.8 Å². The minimum absolute atomic E-state index is 0. The van der Waals surface area contributed by atoms with E-state index in [-0.39, 0.29) is 29.8 Å². The molecule has 0 radical (unpaired) electrons. The Kier molecular flexibility index (Phi) is 10.5. The van der Waals surface area contributed by atoms with Crippen molar-refractivity contribution in [2.45, 2.75) is 52.5 Å². The molecule has 0 aromatic heterocycles. The molecule has 2 rings (SSSR count). The van der Waals surface area contributed by atoms with Crippen LogP contribution in [0.3, 0.4) is 0 Å². The van der Waals surface area contributed by atoms with Crippen LogP contribution in [-0.2, 0) is 11.3 Å². The van der Waals surface area contributed by atoms with Crippen molar-refractivity contribution >= 4 is 29.9 Å². The monoisotopic (exact) mass is 477 g/mol. The number of aliphatic imine (C=N–C) groups is 1. The second-order valence-electron chi connectivity index (χ2n) is 7.02. The molecule has 2 N–H and O–H groups in total. The summed E-state index contributed by atoms with van der Waals surface area (Å²) in [5.41, 5.74) is 2.04. The third-order valence-corrected chi connectivity index (χ3v) is 5.18. The molecule has 4 nitrogen and oxygen atoms in total. The number of hydrogen-bond donors (Lipinski definition) is 2. The Bertz CT molecular complexity index is 574. The van der Waals surface area contributed by atoms with E-state index in [0.29, 0.717) is 17.5 Å². The van der Waals surface area contributed by atoms with Crippen molar-refractivity contribution in [3.05, 3.63) is 35.1 Å². The highest BCUT2D eigenvalue weighted by Crippen LogP contribution is 2.40. The Hall–Kier alpha value is -0.890. The van der Waals surface area contributed by atoms with Crippen LogP contribution in [0.4, 0.5) is 4.39 Å². The molecule has 148 valence electrons. The van der Waals surface area contributed by atoms with Crippen LogP contribution in [-0.4, -0.2) is 32.8 Å². The third kappa shape index (κ3) is 7.02. The summed E-state index contributed by atoms with van der Waals surface area (Å²) in [4.78, 5) is 4.32. The van der Waals surface area contributed by atoms with Crippen LogP contribution in [0.25, 0.3) is 0 Å². The highest BCUT2D eigenvalue weighted by atomic mass is 127. The molecule has 1 saturated carbocycles. The largest absolute Gasteiger partial charge is 0.382 e. The number of hydrogen-bond acceptors (Lipinski definition) is 2. The molecule has 0 amide bonds. The van der Waals surface area contributed by atoms with E-state index in [1.54, 1.807) is 14.0 Å².